The molecule has 0 unspecified atom stereocenters. The van der Waals surface area contributed by atoms with Crippen molar-refractivity contribution in [1.29, 1.82) is 0 Å². The molecule has 0 aliphatic rings. The van der Waals surface area contributed by atoms with Gasteiger partial charge in [-0.2, -0.15) is 0 Å². The molecule has 0 radical (unpaired) electrons. The number of hydrogen-bond donors (Lipinski definition) is 2. The van der Waals surface area contributed by atoms with E-state index < -0.39 is 21.0 Å². The van der Waals surface area contributed by atoms with E-state index in [-0.39, 0.29) is 11.4 Å². The van der Waals surface area contributed by atoms with Crippen molar-refractivity contribution in [1.82, 2.24) is 0 Å². The van der Waals surface area contributed by atoms with E-state index in [1.165, 1.54) is 13.0 Å². The van der Waals surface area contributed by atoms with Crippen molar-refractivity contribution in [2.24, 2.45) is 0 Å². The summed E-state index contributed by atoms with van der Waals surface area (Å²) in [6.45, 7) is 3.10. The van der Waals surface area contributed by atoms with Crippen LogP contribution in [0.15, 0.2) is 18.2 Å². The zero-order chi connectivity index (χ0) is 13.2. The number of carbonyl (C=O) groups is 1. The van der Waals surface area contributed by atoms with Crippen LogP contribution in [0.2, 0.25) is 0 Å². The van der Waals surface area contributed by atoms with Crippen molar-refractivity contribution < 1.29 is 18.3 Å². The third kappa shape index (κ3) is 3.45. The van der Waals surface area contributed by atoms with Crippen LogP contribution < -0.4 is 5.32 Å². The number of carbonyl (C=O) groups excluding carboxylic acids is 1. The number of amides is 1. The summed E-state index contributed by atoms with van der Waals surface area (Å²) in [4.78, 5) is 11.6. The van der Waals surface area contributed by atoms with E-state index in [0.29, 0.717) is 0 Å². The van der Waals surface area contributed by atoms with Crippen LogP contribution in [0.25, 0.3) is 0 Å². The molecule has 5 nitrogen and oxygen atoms in total. The zero-order valence-corrected chi connectivity index (χ0v) is 10.7. The molecule has 1 amide bonds. The average Bonchev–Trinajstić information content (AvgIpc) is 2.21. The van der Waals surface area contributed by atoms with Crippen LogP contribution in [0.4, 0.5) is 5.69 Å². The van der Waals surface area contributed by atoms with E-state index in [1.807, 2.05) is 0 Å². The van der Waals surface area contributed by atoms with Gasteiger partial charge in [0.25, 0.3) is 0 Å². The molecule has 1 rings (SSSR count). The van der Waals surface area contributed by atoms with Crippen molar-refractivity contribution in [2.45, 2.75) is 19.1 Å². The number of hydrogen-bond acceptors (Lipinski definition) is 4. The first-order valence-corrected chi connectivity index (χ1v) is 6.96. The first-order valence-electron chi connectivity index (χ1n) is 5.01. The molecule has 1 atom stereocenters. The van der Waals surface area contributed by atoms with E-state index in [0.717, 1.165) is 11.8 Å². The third-order valence-corrected chi connectivity index (χ3v) is 3.92. The molecule has 2 N–H and O–H groups in total. The number of aromatic hydroxyl groups is 1. The Hall–Kier alpha value is -1.56. The molecular weight excluding hydrogens is 242 g/mol. The molecule has 0 saturated heterocycles. The molecule has 1 aromatic rings. The highest BCUT2D eigenvalue weighted by molar-refractivity contribution is 7.92. The molecule has 94 valence electrons. The molecule has 6 heteroatoms. The van der Waals surface area contributed by atoms with Crippen molar-refractivity contribution in [2.75, 3.05) is 11.6 Å². The molecular formula is C11H15NO4S. The molecule has 0 bridgehead atoms. The fourth-order valence-electron chi connectivity index (χ4n) is 1.18. The Kier molecular flexibility index (Phi) is 3.77. The highest BCUT2D eigenvalue weighted by Gasteiger charge is 2.24. The lowest BCUT2D eigenvalue weighted by molar-refractivity contribution is -0.115. The summed E-state index contributed by atoms with van der Waals surface area (Å²) in [6.07, 6.45) is 0.993. The highest BCUT2D eigenvalue weighted by atomic mass is 32.2. The number of phenolic OH excluding ortho intramolecular Hbond substituents is 1. The van der Waals surface area contributed by atoms with Gasteiger partial charge in [-0.3, -0.25) is 4.79 Å². The summed E-state index contributed by atoms with van der Waals surface area (Å²) in [7, 11) is -3.44. The summed E-state index contributed by atoms with van der Waals surface area (Å²) in [5.74, 6) is -0.752. The summed E-state index contributed by atoms with van der Waals surface area (Å²) >= 11 is 0. The van der Waals surface area contributed by atoms with Gasteiger partial charge in [-0.05, 0) is 31.5 Å². The fraction of sp³-hybridized carbons (Fsp3) is 0.364. The molecule has 1 aromatic carbocycles. The van der Waals surface area contributed by atoms with Crippen molar-refractivity contribution in [3.05, 3.63) is 23.8 Å². The minimum atomic E-state index is -3.44. The summed E-state index contributed by atoms with van der Waals surface area (Å²) in [5, 5.41) is 10.7. The Bertz CT molecular complexity index is 536. The lowest BCUT2D eigenvalue weighted by atomic mass is 10.2. The predicted molar refractivity (Wildman–Crippen MR) is 65.8 cm³/mol. The lowest BCUT2D eigenvalue weighted by Crippen LogP contribution is -2.31. The van der Waals surface area contributed by atoms with Gasteiger partial charge in [-0.25, -0.2) is 8.42 Å². The fourth-order valence-corrected chi connectivity index (χ4v) is 1.63. The Morgan fingerprint density at radius 3 is 2.53 bits per heavy atom. The summed E-state index contributed by atoms with van der Waals surface area (Å²) in [6, 6.07) is 4.70. The first-order chi connectivity index (χ1) is 7.71. The average molecular weight is 257 g/mol. The predicted octanol–water partition coefficient (Wildman–Crippen LogP) is 1.07. The Balaban J connectivity index is 2.92. The van der Waals surface area contributed by atoms with Crippen molar-refractivity contribution in [3.63, 3.8) is 0 Å². The Morgan fingerprint density at radius 1 is 1.41 bits per heavy atom. The summed E-state index contributed by atoms with van der Waals surface area (Å²) < 4.78 is 22.4. The molecule has 0 heterocycles. The van der Waals surface area contributed by atoms with Crippen LogP contribution in [0.5, 0.6) is 5.75 Å². The van der Waals surface area contributed by atoms with Crippen LogP contribution in [0.1, 0.15) is 12.5 Å². The minimum Gasteiger partial charge on any atom is -0.506 e. The second-order valence-corrected chi connectivity index (χ2v) is 6.35. The van der Waals surface area contributed by atoms with E-state index in [1.54, 1.807) is 19.1 Å². The lowest BCUT2D eigenvalue weighted by Gasteiger charge is -2.12. The first kappa shape index (κ1) is 13.5. The van der Waals surface area contributed by atoms with E-state index >= 15 is 0 Å². The van der Waals surface area contributed by atoms with Crippen molar-refractivity contribution in [3.8, 4) is 5.75 Å². The van der Waals surface area contributed by atoms with E-state index in [4.69, 9.17) is 0 Å². The van der Waals surface area contributed by atoms with Gasteiger partial charge in [0.15, 0.2) is 9.84 Å². The van der Waals surface area contributed by atoms with Gasteiger partial charge in [0.2, 0.25) is 5.91 Å². The Labute approximate surface area is 100 Å². The molecule has 0 aromatic heterocycles. The van der Waals surface area contributed by atoms with Gasteiger partial charge in [0, 0.05) is 6.26 Å². The smallest absolute Gasteiger partial charge is 0.242 e. The monoisotopic (exact) mass is 257 g/mol. The van der Waals surface area contributed by atoms with E-state index in [9.17, 15) is 18.3 Å². The van der Waals surface area contributed by atoms with Gasteiger partial charge in [-0.15, -0.1) is 0 Å². The largest absolute Gasteiger partial charge is 0.506 e. The number of benzene rings is 1. The Morgan fingerprint density at radius 2 is 2.00 bits per heavy atom. The number of aryl methyl sites for hydroxylation is 1. The maximum Gasteiger partial charge on any atom is 0.242 e. The minimum absolute atomic E-state index is 0.0929. The van der Waals surface area contributed by atoms with Crippen LogP contribution >= 0.6 is 0 Å². The van der Waals surface area contributed by atoms with E-state index in [2.05, 4.69) is 5.32 Å². The van der Waals surface area contributed by atoms with Crippen LogP contribution in [0, 0.1) is 6.92 Å². The van der Waals surface area contributed by atoms with Gasteiger partial charge in [-0.1, -0.05) is 6.07 Å². The summed E-state index contributed by atoms with van der Waals surface area (Å²) in [5.41, 5.74) is 1.07. The SMILES string of the molecule is Cc1ccc(O)c(NC(=O)[C@H](C)S(C)(=O)=O)c1. The standard InChI is InChI=1S/C11H15NO4S/c1-7-4-5-10(13)9(6-7)12-11(14)8(2)17(3,15)16/h4-6,8,13H,1-3H3,(H,12,14)/t8-/m0/s1. The normalized spacial score (nSPS) is 13.1. The molecule has 0 aliphatic carbocycles. The quantitative estimate of drug-likeness (QED) is 0.793. The number of anilines is 1. The number of nitrogens with one attached hydrogen (secondary N) is 1. The molecule has 0 saturated carbocycles. The molecule has 17 heavy (non-hydrogen) atoms. The second kappa shape index (κ2) is 4.75. The van der Waals surface area contributed by atoms with Gasteiger partial charge in [0.1, 0.15) is 11.0 Å². The maximum atomic E-state index is 11.6. The van der Waals surface area contributed by atoms with Gasteiger partial charge < -0.3 is 10.4 Å². The van der Waals surface area contributed by atoms with Gasteiger partial charge >= 0.3 is 0 Å². The number of phenols is 1. The highest BCUT2D eigenvalue weighted by Crippen LogP contribution is 2.24. The number of sulfone groups is 1. The second-order valence-electron chi connectivity index (χ2n) is 3.98. The molecule has 0 spiro atoms. The number of rotatable bonds is 3. The van der Waals surface area contributed by atoms with Crippen LogP contribution in [-0.4, -0.2) is 30.9 Å². The van der Waals surface area contributed by atoms with Gasteiger partial charge in [0.05, 0.1) is 5.69 Å². The topological polar surface area (TPSA) is 83.5 Å². The maximum absolute atomic E-state index is 11.6. The molecule has 0 fully saturated rings. The third-order valence-electron chi connectivity index (χ3n) is 2.42. The van der Waals surface area contributed by atoms with Crippen LogP contribution in [-0.2, 0) is 14.6 Å². The van der Waals surface area contributed by atoms with Crippen LogP contribution in [0.3, 0.4) is 0 Å². The molecule has 0 aliphatic heterocycles. The van der Waals surface area contributed by atoms with Crippen molar-refractivity contribution >= 4 is 21.4 Å². The zero-order valence-electron chi connectivity index (χ0n) is 9.89.